The van der Waals surface area contributed by atoms with Crippen molar-refractivity contribution in [3.8, 4) is 0 Å². The molecule has 1 aliphatic heterocycles. The number of aromatic nitrogens is 2. The van der Waals surface area contributed by atoms with E-state index >= 15 is 0 Å². The number of fused-ring (bicyclic) bond motifs is 2. The molecule has 2 heterocycles. The van der Waals surface area contributed by atoms with Crippen molar-refractivity contribution < 1.29 is 14.3 Å². The normalized spacial score (nSPS) is 13.3. The molecule has 0 spiro atoms. The van der Waals surface area contributed by atoms with Crippen LogP contribution in [0.1, 0.15) is 27.1 Å². The highest BCUT2D eigenvalue weighted by Gasteiger charge is 2.34. The first-order valence-electron chi connectivity index (χ1n) is 9.78. The van der Waals surface area contributed by atoms with Gasteiger partial charge in [0.25, 0.3) is 17.4 Å². The third-order valence-electron chi connectivity index (χ3n) is 5.04. The zero-order valence-corrected chi connectivity index (χ0v) is 18.4. The van der Waals surface area contributed by atoms with Crippen LogP contribution in [0.3, 0.4) is 0 Å². The van der Waals surface area contributed by atoms with Crippen LogP contribution in [0.25, 0.3) is 10.9 Å². The number of thioether (sulfide) groups is 1. The van der Waals surface area contributed by atoms with Crippen molar-refractivity contribution in [2.75, 3.05) is 26.0 Å². The van der Waals surface area contributed by atoms with Gasteiger partial charge in [-0.15, -0.1) is 0 Å². The molecule has 0 saturated heterocycles. The SMILES string of the molecule is COCCn1c(SCCCN2C(=O)c3ccccc3C2=O)nc2cc(Cl)ccc2c1=O. The molecule has 9 heteroatoms. The summed E-state index contributed by atoms with van der Waals surface area (Å²) in [6.45, 7) is 1.06. The molecule has 160 valence electrons. The van der Waals surface area contributed by atoms with Crippen LogP contribution in [-0.2, 0) is 11.3 Å². The molecule has 0 unspecified atom stereocenters. The number of carbonyl (C=O) groups is 2. The second-order valence-corrected chi connectivity index (χ2v) is 8.51. The largest absolute Gasteiger partial charge is 0.383 e. The molecule has 0 saturated carbocycles. The molecule has 0 radical (unpaired) electrons. The Kier molecular flexibility index (Phi) is 6.41. The maximum absolute atomic E-state index is 12.9. The van der Waals surface area contributed by atoms with E-state index in [0.717, 1.165) is 0 Å². The van der Waals surface area contributed by atoms with E-state index in [0.29, 0.717) is 64.1 Å². The van der Waals surface area contributed by atoms with Gasteiger partial charge in [-0.2, -0.15) is 0 Å². The van der Waals surface area contributed by atoms with Gasteiger partial charge in [-0.25, -0.2) is 4.98 Å². The second-order valence-electron chi connectivity index (χ2n) is 7.01. The third-order valence-corrected chi connectivity index (χ3v) is 6.33. The van der Waals surface area contributed by atoms with E-state index in [-0.39, 0.29) is 17.4 Å². The number of nitrogens with zero attached hydrogens (tertiary/aromatic N) is 3. The first kappa shape index (κ1) is 21.5. The number of carbonyl (C=O) groups excluding carboxylic acids is 2. The number of halogens is 1. The lowest BCUT2D eigenvalue weighted by Gasteiger charge is -2.15. The van der Waals surface area contributed by atoms with Crippen molar-refractivity contribution in [3.05, 3.63) is 69.0 Å². The predicted molar refractivity (Wildman–Crippen MR) is 120 cm³/mol. The number of ether oxygens (including phenoxy) is 1. The molecule has 2 amide bonds. The highest BCUT2D eigenvalue weighted by atomic mass is 35.5. The number of hydrogen-bond donors (Lipinski definition) is 0. The van der Waals surface area contributed by atoms with Gasteiger partial charge in [0, 0.05) is 24.4 Å². The average molecular weight is 458 g/mol. The molecule has 7 nitrogen and oxygen atoms in total. The van der Waals surface area contributed by atoms with Crippen LogP contribution in [-0.4, -0.2) is 52.3 Å². The van der Waals surface area contributed by atoms with E-state index in [2.05, 4.69) is 4.98 Å². The minimum Gasteiger partial charge on any atom is -0.383 e. The van der Waals surface area contributed by atoms with Crippen molar-refractivity contribution in [2.45, 2.75) is 18.1 Å². The van der Waals surface area contributed by atoms with Gasteiger partial charge in [0.15, 0.2) is 5.16 Å². The molecule has 0 atom stereocenters. The summed E-state index contributed by atoms with van der Waals surface area (Å²) in [5.74, 6) is 0.0565. The molecule has 0 aliphatic carbocycles. The molecular formula is C22H20ClN3O4S. The lowest BCUT2D eigenvalue weighted by Crippen LogP contribution is -2.31. The first-order valence-corrected chi connectivity index (χ1v) is 11.1. The Morgan fingerprint density at radius 2 is 1.74 bits per heavy atom. The van der Waals surface area contributed by atoms with Crippen molar-refractivity contribution in [2.24, 2.45) is 0 Å². The fourth-order valence-corrected chi connectivity index (χ4v) is 4.61. The molecule has 0 fully saturated rings. The Morgan fingerprint density at radius 3 is 2.42 bits per heavy atom. The first-order chi connectivity index (χ1) is 15.0. The van der Waals surface area contributed by atoms with Crippen LogP contribution >= 0.6 is 23.4 Å². The van der Waals surface area contributed by atoms with E-state index in [1.54, 1.807) is 54.1 Å². The van der Waals surface area contributed by atoms with Gasteiger partial charge in [-0.1, -0.05) is 35.5 Å². The fraction of sp³-hybridized carbons (Fsp3) is 0.273. The summed E-state index contributed by atoms with van der Waals surface area (Å²) in [5, 5.41) is 1.56. The lowest BCUT2D eigenvalue weighted by atomic mass is 10.1. The van der Waals surface area contributed by atoms with E-state index in [9.17, 15) is 14.4 Å². The fourth-order valence-electron chi connectivity index (χ4n) is 3.49. The van der Waals surface area contributed by atoms with Gasteiger partial charge in [0.05, 0.1) is 35.2 Å². The molecule has 4 rings (SSSR count). The monoisotopic (exact) mass is 457 g/mol. The van der Waals surface area contributed by atoms with Crippen molar-refractivity contribution >= 4 is 46.1 Å². The molecule has 3 aromatic rings. The van der Waals surface area contributed by atoms with E-state index in [1.165, 1.54) is 16.7 Å². The number of hydrogen-bond acceptors (Lipinski definition) is 6. The molecule has 1 aromatic heterocycles. The summed E-state index contributed by atoms with van der Waals surface area (Å²) in [4.78, 5) is 43.8. The van der Waals surface area contributed by atoms with Crippen molar-refractivity contribution in [3.63, 3.8) is 0 Å². The zero-order valence-electron chi connectivity index (χ0n) is 16.8. The van der Waals surface area contributed by atoms with Crippen LogP contribution in [0.15, 0.2) is 52.4 Å². The predicted octanol–water partition coefficient (Wildman–Crippen LogP) is 3.47. The lowest BCUT2D eigenvalue weighted by molar-refractivity contribution is 0.0655. The van der Waals surface area contributed by atoms with Gasteiger partial charge >= 0.3 is 0 Å². The maximum Gasteiger partial charge on any atom is 0.262 e. The molecule has 2 aromatic carbocycles. The maximum atomic E-state index is 12.9. The molecule has 0 N–H and O–H groups in total. The van der Waals surface area contributed by atoms with Crippen LogP contribution in [0, 0.1) is 0 Å². The van der Waals surface area contributed by atoms with Crippen LogP contribution < -0.4 is 5.56 Å². The number of imide groups is 1. The number of amides is 2. The minimum absolute atomic E-state index is 0.151. The van der Waals surface area contributed by atoms with Gasteiger partial charge in [0.1, 0.15) is 0 Å². The Hall–Kier alpha value is -2.68. The standard InChI is InChI=1S/C22H20ClN3O4S/c1-30-11-10-26-21(29)17-8-7-14(23)13-18(17)24-22(26)31-12-4-9-25-19(27)15-5-2-3-6-16(15)20(25)28/h2-3,5-8,13H,4,9-12H2,1H3. The summed E-state index contributed by atoms with van der Waals surface area (Å²) in [5.41, 5.74) is 1.28. The summed E-state index contributed by atoms with van der Waals surface area (Å²) < 4.78 is 6.72. The summed E-state index contributed by atoms with van der Waals surface area (Å²) in [7, 11) is 1.58. The van der Waals surface area contributed by atoms with Crippen LogP contribution in [0.5, 0.6) is 0 Å². The Labute approximate surface area is 188 Å². The van der Waals surface area contributed by atoms with E-state index in [1.807, 2.05) is 0 Å². The highest BCUT2D eigenvalue weighted by Crippen LogP contribution is 2.24. The topological polar surface area (TPSA) is 81.5 Å². The van der Waals surface area contributed by atoms with Crippen LogP contribution in [0.4, 0.5) is 0 Å². The second kappa shape index (κ2) is 9.21. The van der Waals surface area contributed by atoms with E-state index < -0.39 is 0 Å². The summed E-state index contributed by atoms with van der Waals surface area (Å²) in [6, 6.07) is 11.9. The van der Waals surface area contributed by atoms with Crippen LogP contribution in [0.2, 0.25) is 5.02 Å². The smallest absolute Gasteiger partial charge is 0.262 e. The highest BCUT2D eigenvalue weighted by molar-refractivity contribution is 7.99. The molecule has 1 aliphatic rings. The summed E-state index contributed by atoms with van der Waals surface area (Å²) in [6.07, 6.45) is 0.573. The molecule has 0 bridgehead atoms. The van der Waals surface area contributed by atoms with Gasteiger partial charge in [0.2, 0.25) is 0 Å². The molecule has 31 heavy (non-hydrogen) atoms. The molecular weight excluding hydrogens is 438 g/mol. The van der Waals surface area contributed by atoms with Crippen molar-refractivity contribution in [1.29, 1.82) is 0 Å². The Bertz CT molecular complexity index is 1190. The van der Waals surface area contributed by atoms with E-state index in [4.69, 9.17) is 16.3 Å². The average Bonchev–Trinajstić information content (AvgIpc) is 3.01. The Balaban J connectivity index is 1.48. The van der Waals surface area contributed by atoms with Gasteiger partial charge in [-0.3, -0.25) is 23.9 Å². The Morgan fingerprint density at radius 1 is 1.03 bits per heavy atom. The third kappa shape index (κ3) is 4.23. The number of benzene rings is 2. The minimum atomic E-state index is -0.263. The zero-order chi connectivity index (χ0) is 22.0. The van der Waals surface area contributed by atoms with Crippen molar-refractivity contribution in [1.82, 2.24) is 14.5 Å². The number of rotatable bonds is 8. The van der Waals surface area contributed by atoms with Gasteiger partial charge in [-0.05, 0) is 36.8 Å². The summed E-state index contributed by atoms with van der Waals surface area (Å²) >= 11 is 7.47. The van der Waals surface area contributed by atoms with Gasteiger partial charge < -0.3 is 4.74 Å². The quantitative estimate of drug-likeness (QED) is 0.223. The number of methoxy groups -OCH3 is 1.